The number of carbonyl (C=O) groups is 2. The minimum Gasteiger partial charge on any atom is -0.462 e. The van der Waals surface area contributed by atoms with Crippen LogP contribution in [0.5, 0.6) is 0 Å². The number of ether oxygens (including phenoxy) is 2. The van der Waals surface area contributed by atoms with E-state index in [1.54, 1.807) is 26.8 Å². The maximum absolute atomic E-state index is 13.7. The number of hydrogen-bond acceptors (Lipinski definition) is 9. The minimum absolute atomic E-state index is 0.0281. The van der Waals surface area contributed by atoms with Gasteiger partial charge in [0.15, 0.2) is 16.8 Å². The molecule has 1 aliphatic rings. The molecule has 1 fully saturated rings. The van der Waals surface area contributed by atoms with E-state index in [1.807, 2.05) is 0 Å². The lowest BCUT2D eigenvalue weighted by Gasteiger charge is -2.26. The number of aromatic nitrogens is 4. The number of esters is 1. The summed E-state index contributed by atoms with van der Waals surface area (Å²) in [5, 5.41) is 8.49. The number of Topliss-reactive ketones (excluding diaryl/α,β-unsaturated/α-hetero) is 1. The number of thioether (sulfide) groups is 1. The molecule has 0 unspecified atom stereocenters. The zero-order valence-corrected chi connectivity index (χ0v) is 26.7. The van der Waals surface area contributed by atoms with Crippen LogP contribution in [0.15, 0.2) is 58.6 Å². The lowest BCUT2D eigenvalue weighted by molar-refractivity contribution is -0.137. The summed E-state index contributed by atoms with van der Waals surface area (Å²) in [6.45, 7) is 5.93. The van der Waals surface area contributed by atoms with Crippen molar-refractivity contribution in [1.82, 2.24) is 24.1 Å². The molecule has 0 bridgehead atoms. The van der Waals surface area contributed by atoms with Gasteiger partial charge in [-0.25, -0.2) is 13.2 Å². The van der Waals surface area contributed by atoms with Gasteiger partial charge in [-0.3, -0.25) is 9.36 Å². The topological polar surface area (TPSA) is 136 Å². The predicted octanol–water partition coefficient (Wildman–Crippen LogP) is 5.07. The average Bonchev–Trinajstić information content (AvgIpc) is 3.59. The number of alkyl halides is 3. The monoisotopic (exact) mass is 677 g/mol. The van der Waals surface area contributed by atoms with Crippen molar-refractivity contribution in [2.75, 3.05) is 38.7 Å². The van der Waals surface area contributed by atoms with Gasteiger partial charge in [0, 0.05) is 30.0 Å². The van der Waals surface area contributed by atoms with Crippen molar-refractivity contribution in [1.29, 1.82) is 0 Å². The molecule has 2 aromatic heterocycles. The molecule has 1 saturated heterocycles. The van der Waals surface area contributed by atoms with E-state index in [0.29, 0.717) is 11.4 Å². The van der Waals surface area contributed by atoms with Gasteiger partial charge < -0.3 is 14.5 Å². The Morgan fingerprint density at radius 1 is 1.02 bits per heavy atom. The van der Waals surface area contributed by atoms with Crippen molar-refractivity contribution in [3.8, 4) is 17.1 Å². The van der Waals surface area contributed by atoms with E-state index < -0.39 is 33.5 Å². The SMILES string of the molecule is CCOC(=O)c1c(C)[nH]c(C)c1C(=O)CSc1nnc(-c2cccc(S(=O)(=O)N3CCOCC3)c2)n1-c1cccc(C(F)(F)F)c1. The Morgan fingerprint density at radius 2 is 1.72 bits per heavy atom. The maximum Gasteiger partial charge on any atom is 0.416 e. The van der Waals surface area contributed by atoms with Gasteiger partial charge in [-0.2, -0.15) is 17.5 Å². The van der Waals surface area contributed by atoms with Crippen LogP contribution in [-0.2, 0) is 25.7 Å². The third-order valence-corrected chi connectivity index (χ3v) is 10.1. The largest absolute Gasteiger partial charge is 0.462 e. The zero-order chi connectivity index (χ0) is 33.2. The first-order valence-electron chi connectivity index (χ1n) is 14.2. The van der Waals surface area contributed by atoms with Gasteiger partial charge in [-0.15, -0.1) is 10.2 Å². The lowest BCUT2D eigenvalue weighted by atomic mass is 10.1. The molecule has 0 aliphatic carbocycles. The number of sulfonamides is 1. The lowest BCUT2D eigenvalue weighted by Crippen LogP contribution is -2.40. The second-order valence-corrected chi connectivity index (χ2v) is 13.2. The third kappa shape index (κ3) is 6.74. The fraction of sp³-hybridized carbons (Fsp3) is 0.333. The Kier molecular flexibility index (Phi) is 9.72. The number of aromatic amines is 1. The zero-order valence-electron chi connectivity index (χ0n) is 25.1. The average molecular weight is 678 g/mol. The van der Waals surface area contributed by atoms with Crippen molar-refractivity contribution in [2.24, 2.45) is 0 Å². The van der Waals surface area contributed by atoms with Crippen LogP contribution in [-0.4, -0.2) is 82.9 Å². The molecule has 0 saturated carbocycles. The van der Waals surface area contributed by atoms with Crippen LogP contribution in [0.3, 0.4) is 0 Å². The van der Waals surface area contributed by atoms with Crippen molar-refractivity contribution < 1.29 is 40.7 Å². The van der Waals surface area contributed by atoms with Crippen LogP contribution in [0, 0.1) is 13.8 Å². The molecule has 2 aromatic carbocycles. The summed E-state index contributed by atoms with van der Waals surface area (Å²) in [4.78, 5) is 29.0. The van der Waals surface area contributed by atoms with Crippen LogP contribution >= 0.6 is 11.8 Å². The molecule has 0 radical (unpaired) electrons. The number of ketones is 1. The summed E-state index contributed by atoms with van der Waals surface area (Å²) in [6, 6.07) is 10.4. The van der Waals surface area contributed by atoms with Crippen molar-refractivity contribution >= 4 is 33.5 Å². The number of carbonyl (C=O) groups excluding carboxylic acids is 2. The molecule has 244 valence electrons. The Balaban J connectivity index is 1.55. The number of H-pyrrole nitrogens is 1. The number of benzene rings is 2. The highest BCUT2D eigenvalue weighted by atomic mass is 32.2. The van der Waals surface area contributed by atoms with E-state index in [2.05, 4.69) is 15.2 Å². The summed E-state index contributed by atoms with van der Waals surface area (Å²) in [6.07, 6.45) is -4.65. The molecular weight excluding hydrogens is 647 g/mol. The summed E-state index contributed by atoms with van der Waals surface area (Å²) in [5.41, 5.74) is 0.595. The predicted molar refractivity (Wildman–Crippen MR) is 163 cm³/mol. The van der Waals surface area contributed by atoms with Crippen LogP contribution < -0.4 is 0 Å². The van der Waals surface area contributed by atoms with Gasteiger partial charge >= 0.3 is 12.1 Å². The first-order chi connectivity index (χ1) is 21.8. The van der Waals surface area contributed by atoms with Crippen molar-refractivity contribution in [3.05, 3.63) is 76.6 Å². The van der Waals surface area contributed by atoms with E-state index >= 15 is 0 Å². The minimum atomic E-state index is -4.65. The Morgan fingerprint density at radius 3 is 2.41 bits per heavy atom. The summed E-state index contributed by atoms with van der Waals surface area (Å²) >= 11 is 0.910. The van der Waals surface area contributed by atoms with Gasteiger partial charge in [0.2, 0.25) is 10.0 Å². The van der Waals surface area contributed by atoms with E-state index in [1.165, 1.54) is 39.2 Å². The number of nitrogens with one attached hydrogen (secondary N) is 1. The second kappa shape index (κ2) is 13.4. The van der Waals surface area contributed by atoms with Gasteiger partial charge in [0.05, 0.1) is 52.8 Å². The summed E-state index contributed by atoms with van der Waals surface area (Å²) in [7, 11) is -3.90. The molecule has 3 heterocycles. The van der Waals surface area contributed by atoms with Crippen molar-refractivity contribution in [2.45, 2.75) is 37.0 Å². The van der Waals surface area contributed by atoms with Gasteiger partial charge in [0.1, 0.15) is 0 Å². The summed E-state index contributed by atoms with van der Waals surface area (Å²) in [5.74, 6) is -1.27. The van der Waals surface area contributed by atoms with Crippen LogP contribution in [0.2, 0.25) is 0 Å². The smallest absolute Gasteiger partial charge is 0.416 e. The molecule has 1 aliphatic heterocycles. The molecule has 1 N–H and O–H groups in total. The molecule has 5 rings (SSSR count). The maximum atomic E-state index is 13.7. The Hall–Kier alpha value is -3.99. The van der Waals surface area contributed by atoms with E-state index in [4.69, 9.17) is 9.47 Å². The number of morpholine rings is 1. The van der Waals surface area contributed by atoms with Crippen molar-refractivity contribution in [3.63, 3.8) is 0 Å². The van der Waals surface area contributed by atoms with E-state index in [9.17, 15) is 31.2 Å². The van der Waals surface area contributed by atoms with Gasteiger partial charge in [0.25, 0.3) is 0 Å². The third-order valence-electron chi connectivity index (χ3n) is 7.23. The number of aryl methyl sites for hydroxylation is 2. The Bertz CT molecular complexity index is 1880. The fourth-order valence-electron chi connectivity index (χ4n) is 5.13. The highest BCUT2D eigenvalue weighted by Gasteiger charge is 2.32. The van der Waals surface area contributed by atoms with Crippen LogP contribution in [0.4, 0.5) is 13.2 Å². The number of halogens is 3. The standard InChI is InChI=1S/C30H30F3N5O6S2/c1-4-44-28(40)26-19(3)34-18(2)25(26)24(39)17-45-29-36-35-27(38(29)22-9-6-8-21(16-22)30(31,32)33)20-7-5-10-23(15-20)46(41,42)37-11-13-43-14-12-37/h5-10,15-16,34H,4,11-14,17H2,1-3H3. The quantitative estimate of drug-likeness (QED) is 0.139. The highest BCUT2D eigenvalue weighted by molar-refractivity contribution is 7.99. The second-order valence-electron chi connectivity index (χ2n) is 10.3. The van der Waals surface area contributed by atoms with Gasteiger partial charge in [-0.05, 0) is 51.1 Å². The molecule has 11 nitrogen and oxygen atoms in total. The molecule has 0 spiro atoms. The molecule has 16 heteroatoms. The number of nitrogens with zero attached hydrogens (tertiary/aromatic N) is 4. The molecule has 0 amide bonds. The molecule has 0 atom stereocenters. The normalized spacial score (nSPS) is 14.4. The van der Waals surface area contributed by atoms with Crippen LogP contribution in [0.1, 0.15) is 44.6 Å². The Labute approximate surface area is 267 Å². The molecular formula is C30H30F3N5O6S2. The highest BCUT2D eigenvalue weighted by Crippen LogP contribution is 2.34. The number of hydrogen-bond donors (Lipinski definition) is 1. The van der Waals surface area contributed by atoms with E-state index in [0.717, 1.165) is 23.9 Å². The fourth-order valence-corrected chi connectivity index (χ4v) is 7.41. The number of rotatable bonds is 10. The molecule has 4 aromatic rings. The first-order valence-corrected chi connectivity index (χ1v) is 16.6. The van der Waals surface area contributed by atoms with Crippen LogP contribution in [0.25, 0.3) is 17.1 Å². The first kappa shape index (κ1) is 33.4. The van der Waals surface area contributed by atoms with E-state index in [-0.39, 0.29) is 76.9 Å². The van der Waals surface area contributed by atoms with Gasteiger partial charge in [-0.1, -0.05) is 30.0 Å². The molecule has 46 heavy (non-hydrogen) atoms. The summed E-state index contributed by atoms with van der Waals surface area (Å²) < 4.78 is 80.9.